The van der Waals surface area contributed by atoms with Crippen molar-refractivity contribution < 1.29 is 4.79 Å². The number of aromatic nitrogens is 1. The first-order valence-corrected chi connectivity index (χ1v) is 8.61. The van der Waals surface area contributed by atoms with Crippen molar-refractivity contribution in [1.82, 2.24) is 4.98 Å². The Morgan fingerprint density at radius 3 is 2.88 bits per heavy atom. The van der Waals surface area contributed by atoms with E-state index in [9.17, 15) is 4.79 Å². The van der Waals surface area contributed by atoms with Crippen LogP contribution in [0.5, 0.6) is 0 Å². The zero-order valence-corrected chi connectivity index (χ0v) is 14.7. The minimum absolute atomic E-state index is 0.108. The SMILES string of the molecule is Cc1ccc(C)c(NC(=O)c2cncc(N3CCCC(C)C3)c2)c1. The highest BCUT2D eigenvalue weighted by atomic mass is 16.1. The van der Waals surface area contributed by atoms with Gasteiger partial charge in [-0.1, -0.05) is 19.1 Å². The molecule has 24 heavy (non-hydrogen) atoms. The molecule has 0 saturated carbocycles. The van der Waals surface area contributed by atoms with Gasteiger partial charge in [0.05, 0.1) is 17.4 Å². The fourth-order valence-electron chi connectivity index (χ4n) is 3.21. The molecule has 1 aromatic carbocycles. The number of anilines is 2. The zero-order chi connectivity index (χ0) is 17.1. The minimum atomic E-state index is -0.108. The van der Waals surface area contributed by atoms with E-state index < -0.39 is 0 Å². The maximum absolute atomic E-state index is 12.6. The topological polar surface area (TPSA) is 45.2 Å². The zero-order valence-electron chi connectivity index (χ0n) is 14.7. The number of nitrogens with one attached hydrogen (secondary N) is 1. The third kappa shape index (κ3) is 3.75. The summed E-state index contributed by atoms with van der Waals surface area (Å²) in [7, 11) is 0. The van der Waals surface area contributed by atoms with Crippen LogP contribution in [0, 0.1) is 19.8 Å². The maximum Gasteiger partial charge on any atom is 0.257 e. The monoisotopic (exact) mass is 323 g/mol. The normalized spacial score (nSPS) is 17.6. The molecule has 0 bridgehead atoms. The molecule has 1 saturated heterocycles. The molecule has 126 valence electrons. The van der Waals surface area contributed by atoms with Crippen LogP contribution in [-0.4, -0.2) is 24.0 Å². The standard InChI is InChI=1S/C20H25N3O/c1-14-6-7-16(3)19(9-14)22-20(24)17-10-18(12-21-11-17)23-8-4-5-15(2)13-23/h6-7,9-12,15H,4-5,8,13H2,1-3H3,(H,22,24). The number of nitrogens with zero attached hydrogens (tertiary/aromatic N) is 2. The Morgan fingerprint density at radius 2 is 2.08 bits per heavy atom. The van der Waals surface area contributed by atoms with Crippen molar-refractivity contribution in [2.45, 2.75) is 33.6 Å². The average Bonchev–Trinajstić information content (AvgIpc) is 2.58. The molecule has 0 spiro atoms. The second kappa shape index (κ2) is 7.04. The van der Waals surface area contributed by atoms with Crippen LogP contribution in [-0.2, 0) is 0 Å². The van der Waals surface area contributed by atoms with Gasteiger partial charge in [-0.15, -0.1) is 0 Å². The van der Waals surface area contributed by atoms with Crippen LogP contribution in [0.25, 0.3) is 0 Å². The average molecular weight is 323 g/mol. The molecule has 3 rings (SSSR count). The van der Waals surface area contributed by atoms with Crippen molar-refractivity contribution in [2.24, 2.45) is 5.92 Å². The van der Waals surface area contributed by atoms with Crippen molar-refractivity contribution in [3.63, 3.8) is 0 Å². The van der Waals surface area contributed by atoms with E-state index in [2.05, 4.69) is 22.1 Å². The molecule has 1 aromatic heterocycles. The lowest BCUT2D eigenvalue weighted by Gasteiger charge is -2.32. The Morgan fingerprint density at radius 1 is 1.25 bits per heavy atom. The van der Waals surface area contributed by atoms with Gasteiger partial charge in [-0.05, 0) is 55.9 Å². The van der Waals surface area contributed by atoms with Crippen molar-refractivity contribution in [2.75, 3.05) is 23.3 Å². The Kier molecular flexibility index (Phi) is 4.84. The summed E-state index contributed by atoms with van der Waals surface area (Å²) in [6.45, 7) is 8.36. The quantitative estimate of drug-likeness (QED) is 0.921. The van der Waals surface area contributed by atoms with E-state index in [1.165, 1.54) is 12.8 Å². The molecule has 1 atom stereocenters. The first-order valence-electron chi connectivity index (χ1n) is 8.61. The summed E-state index contributed by atoms with van der Waals surface area (Å²) >= 11 is 0. The van der Waals surface area contributed by atoms with Crippen LogP contribution < -0.4 is 10.2 Å². The molecule has 1 unspecified atom stereocenters. The number of rotatable bonds is 3. The van der Waals surface area contributed by atoms with E-state index in [1.54, 1.807) is 6.20 Å². The molecule has 1 fully saturated rings. The van der Waals surface area contributed by atoms with E-state index >= 15 is 0 Å². The van der Waals surface area contributed by atoms with E-state index in [1.807, 2.05) is 44.3 Å². The molecular weight excluding hydrogens is 298 g/mol. The van der Waals surface area contributed by atoms with Gasteiger partial charge in [-0.3, -0.25) is 9.78 Å². The first-order chi connectivity index (χ1) is 11.5. The summed E-state index contributed by atoms with van der Waals surface area (Å²) in [4.78, 5) is 19.2. The Bertz CT molecular complexity index is 741. The van der Waals surface area contributed by atoms with Gasteiger partial charge in [0.15, 0.2) is 0 Å². The first kappa shape index (κ1) is 16.5. The van der Waals surface area contributed by atoms with Gasteiger partial charge in [0, 0.05) is 25.0 Å². The van der Waals surface area contributed by atoms with Crippen LogP contribution in [0.15, 0.2) is 36.7 Å². The van der Waals surface area contributed by atoms with Crippen molar-refractivity contribution >= 4 is 17.3 Å². The Labute approximate surface area is 143 Å². The van der Waals surface area contributed by atoms with Crippen molar-refractivity contribution in [3.05, 3.63) is 53.3 Å². The number of benzene rings is 1. The largest absolute Gasteiger partial charge is 0.370 e. The summed E-state index contributed by atoms with van der Waals surface area (Å²) in [5, 5.41) is 3.01. The number of carbonyl (C=O) groups excluding carboxylic acids is 1. The highest BCUT2D eigenvalue weighted by Gasteiger charge is 2.18. The number of pyridine rings is 1. The Hall–Kier alpha value is -2.36. The number of hydrogen-bond donors (Lipinski definition) is 1. The lowest BCUT2D eigenvalue weighted by molar-refractivity contribution is 0.102. The third-order valence-corrected chi connectivity index (χ3v) is 4.65. The molecule has 2 heterocycles. The molecule has 1 N–H and O–H groups in total. The fraction of sp³-hybridized carbons (Fsp3) is 0.400. The predicted octanol–water partition coefficient (Wildman–Crippen LogP) is 4.19. The summed E-state index contributed by atoms with van der Waals surface area (Å²) in [6, 6.07) is 8.02. The number of piperidine rings is 1. The molecule has 2 aromatic rings. The second-order valence-corrected chi connectivity index (χ2v) is 6.90. The fourth-order valence-corrected chi connectivity index (χ4v) is 3.21. The van der Waals surface area contributed by atoms with Gasteiger partial charge in [-0.2, -0.15) is 0 Å². The van der Waals surface area contributed by atoms with Gasteiger partial charge < -0.3 is 10.2 Å². The highest BCUT2D eigenvalue weighted by molar-refractivity contribution is 6.05. The van der Waals surface area contributed by atoms with Gasteiger partial charge in [0.1, 0.15) is 0 Å². The number of carbonyl (C=O) groups is 1. The molecule has 4 heteroatoms. The smallest absolute Gasteiger partial charge is 0.257 e. The summed E-state index contributed by atoms with van der Waals surface area (Å²) in [5.41, 5.74) is 4.69. The molecular formula is C20H25N3O. The number of aryl methyl sites for hydroxylation is 2. The van der Waals surface area contributed by atoms with Crippen molar-refractivity contribution in [3.8, 4) is 0 Å². The molecule has 0 radical (unpaired) electrons. The molecule has 1 aliphatic heterocycles. The van der Waals surface area contributed by atoms with Crippen LogP contribution >= 0.6 is 0 Å². The number of amides is 1. The molecule has 0 aliphatic carbocycles. The molecule has 1 amide bonds. The van der Waals surface area contributed by atoms with Crippen LogP contribution in [0.1, 0.15) is 41.3 Å². The number of hydrogen-bond acceptors (Lipinski definition) is 3. The van der Waals surface area contributed by atoms with Gasteiger partial charge in [0.25, 0.3) is 5.91 Å². The molecule has 1 aliphatic rings. The summed E-state index contributed by atoms with van der Waals surface area (Å²) in [5.74, 6) is 0.578. The Balaban J connectivity index is 1.78. The highest BCUT2D eigenvalue weighted by Crippen LogP contribution is 2.23. The van der Waals surface area contributed by atoms with E-state index in [0.29, 0.717) is 11.5 Å². The summed E-state index contributed by atoms with van der Waals surface area (Å²) in [6.07, 6.45) is 5.96. The van der Waals surface area contributed by atoms with Gasteiger partial charge >= 0.3 is 0 Å². The lowest BCUT2D eigenvalue weighted by Crippen LogP contribution is -2.34. The van der Waals surface area contributed by atoms with Crippen LogP contribution in [0.3, 0.4) is 0 Å². The van der Waals surface area contributed by atoms with Crippen molar-refractivity contribution in [1.29, 1.82) is 0 Å². The predicted molar refractivity (Wildman–Crippen MR) is 98.7 cm³/mol. The second-order valence-electron chi connectivity index (χ2n) is 6.90. The molecule has 4 nitrogen and oxygen atoms in total. The third-order valence-electron chi connectivity index (χ3n) is 4.65. The van der Waals surface area contributed by atoms with Crippen LogP contribution in [0.4, 0.5) is 11.4 Å². The van der Waals surface area contributed by atoms with Gasteiger partial charge in [-0.25, -0.2) is 0 Å². The lowest BCUT2D eigenvalue weighted by atomic mass is 10.00. The summed E-state index contributed by atoms with van der Waals surface area (Å²) < 4.78 is 0. The minimum Gasteiger partial charge on any atom is -0.370 e. The van der Waals surface area contributed by atoms with Crippen LogP contribution in [0.2, 0.25) is 0 Å². The van der Waals surface area contributed by atoms with E-state index in [0.717, 1.165) is 35.6 Å². The maximum atomic E-state index is 12.6. The van der Waals surface area contributed by atoms with Gasteiger partial charge in [0.2, 0.25) is 0 Å². The van der Waals surface area contributed by atoms with E-state index in [-0.39, 0.29) is 5.91 Å². The van der Waals surface area contributed by atoms with E-state index in [4.69, 9.17) is 0 Å².